The fraction of sp³-hybridized carbons (Fsp3) is 0.125. The van der Waals surface area contributed by atoms with Crippen LogP contribution in [-0.2, 0) is 7.05 Å². The number of nitrogens with zero attached hydrogens (tertiary/aromatic N) is 4. The summed E-state index contributed by atoms with van der Waals surface area (Å²) in [4.78, 5) is 16.6. The minimum absolute atomic E-state index is 0.340. The molecule has 8 heteroatoms. The number of benzene rings is 1. The van der Waals surface area contributed by atoms with Crippen molar-refractivity contribution in [2.45, 2.75) is 0 Å². The molecule has 0 bridgehead atoms. The predicted molar refractivity (Wildman–Crippen MR) is 90.0 cm³/mol. The number of carbonyl (C=O) groups excluding carboxylic acids is 1. The van der Waals surface area contributed by atoms with Gasteiger partial charge in [-0.2, -0.15) is 14.6 Å². The molecule has 0 saturated heterocycles. The molecule has 1 amide bonds. The molecule has 0 spiro atoms. The van der Waals surface area contributed by atoms with Crippen LogP contribution in [0.5, 0.6) is 5.75 Å². The topological polar surface area (TPSA) is 92.8 Å². The second kappa shape index (κ2) is 6.52. The van der Waals surface area contributed by atoms with Crippen LogP contribution < -0.4 is 10.1 Å². The number of rotatable bonds is 4. The summed E-state index contributed by atoms with van der Waals surface area (Å²) in [5.74, 6) is 0.881. The number of aryl methyl sites for hydroxylation is 1. The average molecular weight is 339 g/mol. The SMILES string of the molecule is COc1cccc(-c2nsc(NC(=O)c3cc(C#N)cn3C)n2)c1. The Hall–Kier alpha value is -3.18. The van der Waals surface area contributed by atoms with Crippen molar-refractivity contribution in [3.05, 3.63) is 47.8 Å². The molecule has 3 aromatic rings. The highest BCUT2D eigenvalue weighted by Gasteiger charge is 2.15. The van der Waals surface area contributed by atoms with Gasteiger partial charge in [0.2, 0.25) is 5.13 Å². The highest BCUT2D eigenvalue weighted by Crippen LogP contribution is 2.24. The molecule has 2 heterocycles. The van der Waals surface area contributed by atoms with Crippen molar-refractivity contribution >= 4 is 22.6 Å². The van der Waals surface area contributed by atoms with Gasteiger partial charge in [-0.1, -0.05) is 12.1 Å². The highest BCUT2D eigenvalue weighted by atomic mass is 32.1. The van der Waals surface area contributed by atoms with E-state index in [1.807, 2.05) is 30.3 Å². The summed E-state index contributed by atoms with van der Waals surface area (Å²) < 4.78 is 11.0. The van der Waals surface area contributed by atoms with E-state index in [1.54, 1.807) is 24.9 Å². The Balaban J connectivity index is 1.79. The van der Waals surface area contributed by atoms with Gasteiger partial charge in [-0.15, -0.1) is 0 Å². The first-order valence-electron chi connectivity index (χ1n) is 6.96. The molecule has 0 atom stereocenters. The van der Waals surface area contributed by atoms with Crippen molar-refractivity contribution in [2.24, 2.45) is 7.05 Å². The Labute approximate surface area is 142 Å². The fourth-order valence-corrected chi connectivity index (χ4v) is 2.75. The lowest BCUT2D eigenvalue weighted by Gasteiger charge is -2.02. The van der Waals surface area contributed by atoms with Crippen LogP contribution >= 0.6 is 11.5 Å². The van der Waals surface area contributed by atoms with Crippen LogP contribution in [0.3, 0.4) is 0 Å². The number of nitriles is 1. The van der Waals surface area contributed by atoms with E-state index < -0.39 is 0 Å². The van der Waals surface area contributed by atoms with Gasteiger partial charge in [0.25, 0.3) is 5.91 Å². The van der Waals surface area contributed by atoms with Gasteiger partial charge in [-0.05, 0) is 18.2 Å². The smallest absolute Gasteiger partial charge is 0.274 e. The van der Waals surface area contributed by atoms with Gasteiger partial charge in [0.1, 0.15) is 17.5 Å². The fourth-order valence-electron chi connectivity index (χ4n) is 2.17. The van der Waals surface area contributed by atoms with Crippen LogP contribution in [-0.4, -0.2) is 26.9 Å². The Bertz CT molecular complexity index is 938. The Kier molecular flexibility index (Phi) is 4.26. The molecule has 0 fully saturated rings. The summed E-state index contributed by atoms with van der Waals surface area (Å²) in [7, 11) is 3.30. The molecule has 2 aromatic heterocycles. The molecule has 0 radical (unpaired) electrons. The molecule has 0 aliphatic rings. The van der Waals surface area contributed by atoms with Gasteiger partial charge in [0.05, 0.1) is 12.7 Å². The molecule has 3 rings (SSSR count). The van der Waals surface area contributed by atoms with Crippen LogP contribution in [0.25, 0.3) is 11.4 Å². The van der Waals surface area contributed by atoms with Gasteiger partial charge in [-0.25, -0.2) is 0 Å². The number of aromatic nitrogens is 3. The molecule has 120 valence electrons. The zero-order valence-electron chi connectivity index (χ0n) is 13.0. The van der Waals surface area contributed by atoms with E-state index in [2.05, 4.69) is 14.7 Å². The van der Waals surface area contributed by atoms with Crippen LogP contribution in [0.4, 0.5) is 5.13 Å². The quantitative estimate of drug-likeness (QED) is 0.789. The molecule has 1 N–H and O–H groups in total. The molecule has 0 saturated carbocycles. The monoisotopic (exact) mass is 339 g/mol. The summed E-state index contributed by atoms with van der Waals surface area (Å²) in [6, 6.07) is 10.9. The second-order valence-corrected chi connectivity index (χ2v) is 5.70. The Morgan fingerprint density at radius 2 is 2.25 bits per heavy atom. The summed E-state index contributed by atoms with van der Waals surface area (Å²) in [6.07, 6.45) is 1.59. The van der Waals surface area contributed by atoms with Crippen LogP contribution in [0, 0.1) is 11.3 Å². The number of nitrogens with one attached hydrogen (secondary N) is 1. The van der Waals surface area contributed by atoms with Gasteiger partial charge in [0.15, 0.2) is 5.82 Å². The molecule has 0 aliphatic carbocycles. The lowest BCUT2D eigenvalue weighted by Crippen LogP contribution is -2.15. The molecular weight excluding hydrogens is 326 g/mol. The van der Waals surface area contributed by atoms with Crippen LogP contribution in [0.2, 0.25) is 0 Å². The number of hydrogen-bond acceptors (Lipinski definition) is 6. The van der Waals surface area contributed by atoms with Crippen molar-refractivity contribution in [3.63, 3.8) is 0 Å². The second-order valence-electron chi connectivity index (χ2n) is 4.95. The normalized spacial score (nSPS) is 10.2. The van der Waals surface area contributed by atoms with Gasteiger partial charge in [-0.3, -0.25) is 10.1 Å². The number of carbonyl (C=O) groups is 1. The molecule has 24 heavy (non-hydrogen) atoms. The number of anilines is 1. The average Bonchev–Trinajstić information content (AvgIpc) is 3.21. The highest BCUT2D eigenvalue weighted by molar-refractivity contribution is 7.10. The maximum absolute atomic E-state index is 12.3. The molecule has 0 aliphatic heterocycles. The van der Waals surface area contributed by atoms with E-state index in [0.29, 0.717) is 28.0 Å². The maximum Gasteiger partial charge on any atom is 0.274 e. The summed E-state index contributed by atoms with van der Waals surface area (Å²) in [5.41, 5.74) is 1.61. The van der Waals surface area contributed by atoms with E-state index >= 15 is 0 Å². The number of amides is 1. The van der Waals surface area contributed by atoms with Crippen molar-refractivity contribution in [3.8, 4) is 23.2 Å². The minimum atomic E-state index is -0.340. The number of hydrogen-bond donors (Lipinski definition) is 1. The third kappa shape index (κ3) is 3.11. The van der Waals surface area contributed by atoms with E-state index in [-0.39, 0.29) is 5.91 Å². The first-order chi connectivity index (χ1) is 11.6. The third-order valence-electron chi connectivity index (χ3n) is 3.34. The molecular formula is C16H13N5O2S. The van der Waals surface area contributed by atoms with Crippen LogP contribution in [0.15, 0.2) is 36.5 Å². The van der Waals surface area contributed by atoms with Gasteiger partial charge >= 0.3 is 0 Å². The summed E-state index contributed by atoms with van der Waals surface area (Å²) in [6.45, 7) is 0. The standard InChI is InChI=1S/C16H13N5O2S/c1-21-9-10(8-17)6-13(21)15(22)19-16-18-14(20-24-16)11-4-3-5-12(7-11)23-2/h3-7,9H,1-2H3,(H,18,19,20,22). The first kappa shape index (κ1) is 15.7. The van der Waals surface area contributed by atoms with Crippen molar-refractivity contribution in [1.29, 1.82) is 5.26 Å². The van der Waals surface area contributed by atoms with Gasteiger partial charge in [0, 0.05) is 30.3 Å². The summed E-state index contributed by atoms with van der Waals surface area (Å²) >= 11 is 1.09. The zero-order chi connectivity index (χ0) is 17.1. The van der Waals surface area contributed by atoms with E-state index in [4.69, 9.17) is 10.00 Å². The number of ether oxygens (including phenoxy) is 1. The van der Waals surface area contributed by atoms with Crippen LogP contribution in [0.1, 0.15) is 16.1 Å². The maximum atomic E-state index is 12.3. The minimum Gasteiger partial charge on any atom is -0.497 e. The first-order valence-corrected chi connectivity index (χ1v) is 7.74. The van der Waals surface area contributed by atoms with Crippen molar-refractivity contribution in [2.75, 3.05) is 12.4 Å². The largest absolute Gasteiger partial charge is 0.497 e. The molecule has 1 aromatic carbocycles. The summed E-state index contributed by atoms with van der Waals surface area (Å²) in [5, 5.41) is 12.0. The zero-order valence-corrected chi connectivity index (χ0v) is 13.8. The van der Waals surface area contributed by atoms with Crippen molar-refractivity contribution < 1.29 is 9.53 Å². The predicted octanol–water partition coefficient (Wildman–Crippen LogP) is 2.68. The van der Waals surface area contributed by atoms with E-state index in [0.717, 1.165) is 17.1 Å². The number of methoxy groups -OCH3 is 1. The molecule has 7 nitrogen and oxygen atoms in total. The van der Waals surface area contributed by atoms with Gasteiger partial charge < -0.3 is 9.30 Å². The Morgan fingerprint density at radius 1 is 1.42 bits per heavy atom. The lowest BCUT2D eigenvalue weighted by atomic mass is 10.2. The van der Waals surface area contributed by atoms with E-state index in [9.17, 15) is 4.79 Å². The molecule has 0 unspecified atom stereocenters. The van der Waals surface area contributed by atoms with Crippen molar-refractivity contribution in [1.82, 2.24) is 13.9 Å². The Morgan fingerprint density at radius 3 is 2.96 bits per heavy atom. The van der Waals surface area contributed by atoms with E-state index in [1.165, 1.54) is 6.07 Å². The third-order valence-corrected chi connectivity index (χ3v) is 3.97. The lowest BCUT2D eigenvalue weighted by molar-refractivity contribution is 0.101.